The Balaban J connectivity index is 1.68. The Bertz CT molecular complexity index is 878. The van der Waals surface area contributed by atoms with Crippen LogP contribution in [0.5, 0.6) is 0 Å². The predicted octanol–water partition coefficient (Wildman–Crippen LogP) is -1.79. The van der Waals surface area contributed by atoms with Crippen molar-refractivity contribution in [3.05, 3.63) is 0 Å². The first kappa shape index (κ1) is 24.9. The first-order chi connectivity index (χ1) is 16.6. The Morgan fingerprint density at radius 1 is 0.943 bits per heavy atom. The molecule has 6 aliphatic rings. The van der Waals surface area contributed by atoms with Gasteiger partial charge in [0.1, 0.15) is 23.4 Å². The van der Waals surface area contributed by atoms with Crippen molar-refractivity contribution >= 4 is 0 Å². The monoisotopic (exact) mass is 499 g/mol. The molecule has 0 aromatic carbocycles. The van der Waals surface area contributed by atoms with Crippen LogP contribution in [0.3, 0.4) is 0 Å². The second-order valence-corrected chi connectivity index (χ2v) is 12.1. The van der Waals surface area contributed by atoms with Crippen LogP contribution in [0.25, 0.3) is 0 Å². The molecule has 5 N–H and O–H groups in total. The third kappa shape index (κ3) is 2.35. The molecular weight excluding hydrogens is 458 g/mol. The molecule has 35 heavy (non-hydrogen) atoms. The fraction of sp³-hybridized carbons (Fsp3) is 1.00. The maximum absolute atomic E-state index is 12.6. The fourth-order valence-electron chi connectivity index (χ4n) is 11.0. The van der Waals surface area contributed by atoms with Gasteiger partial charge in [-0.3, -0.25) is 4.90 Å². The quantitative estimate of drug-likeness (QED) is 0.285. The molecule has 1 spiro atoms. The lowest BCUT2D eigenvalue weighted by Crippen LogP contribution is -2.81. The molecule has 1 heterocycles. The van der Waals surface area contributed by atoms with Crippen LogP contribution in [0.2, 0.25) is 0 Å². The van der Waals surface area contributed by atoms with Gasteiger partial charge in [-0.15, -0.1) is 0 Å². The van der Waals surface area contributed by atoms with Crippen molar-refractivity contribution in [2.45, 2.75) is 73.6 Å². The Hall–Kier alpha value is -0.400. The molecule has 200 valence electrons. The Morgan fingerprint density at radius 3 is 2.23 bits per heavy atom. The van der Waals surface area contributed by atoms with Gasteiger partial charge >= 0.3 is 0 Å². The van der Waals surface area contributed by atoms with E-state index in [0.717, 1.165) is 0 Å². The van der Waals surface area contributed by atoms with Crippen molar-refractivity contribution in [1.82, 2.24) is 4.90 Å². The van der Waals surface area contributed by atoms with Crippen LogP contribution in [0.15, 0.2) is 0 Å². The van der Waals surface area contributed by atoms with E-state index in [1.807, 2.05) is 0 Å². The van der Waals surface area contributed by atoms with Crippen molar-refractivity contribution < 1.29 is 44.5 Å². The summed E-state index contributed by atoms with van der Waals surface area (Å²) in [5.74, 6) is -2.04. The summed E-state index contributed by atoms with van der Waals surface area (Å²) in [5.41, 5.74) is -4.81. The average molecular weight is 500 g/mol. The molecule has 7 bridgehead atoms. The first-order valence-electron chi connectivity index (χ1n) is 12.9. The van der Waals surface area contributed by atoms with E-state index in [1.165, 1.54) is 7.11 Å². The first-order valence-corrected chi connectivity index (χ1v) is 12.9. The molecule has 0 aromatic heterocycles. The van der Waals surface area contributed by atoms with E-state index in [0.29, 0.717) is 26.1 Å². The minimum atomic E-state index is -1.76. The van der Waals surface area contributed by atoms with Crippen LogP contribution in [-0.4, -0.2) is 132 Å². The number of hydrogen-bond acceptors (Lipinski definition) is 10. The number of fused-ring (bicyclic) bond motifs is 2. The molecule has 5 saturated carbocycles. The minimum Gasteiger partial charge on any atom is -0.392 e. The summed E-state index contributed by atoms with van der Waals surface area (Å²) in [4.78, 5) is 2.29. The second-order valence-electron chi connectivity index (χ2n) is 12.1. The standard InChI is InChI=1S/C25H41NO9/c1-6-26-9-22(10-32-2)12(27)7-13(33-3)24-11-8-23(30)19(28)14(11)25(31,20(29)21(23)35-5)15(18(24)26)16(34-4)17(22)24/h11-21,27-31H,6-10H2,1-5H3/t11-,12-,13+,14-,15-,16+,17-,18-,19-,20+,21+,22+,23-,24+,25-/m1/s1. The van der Waals surface area contributed by atoms with Gasteiger partial charge in [0.2, 0.25) is 0 Å². The molecule has 10 nitrogen and oxygen atoms in total. The lowest BCUT2D eigenvalue weighted by Gasteiger charge is -2.70. The molecule has 0 radical (unpaired) electrons. The molecule has 6 rings (SSSR count). The number of rotatable bonds is 6. The van der Waals surface area contributed by atoms with Crippen LogP contribution < -0.4 is 0 Å². The number of piperidine rings is 1. The van der Waals surface area contributed by atoms with Crippen molar-refractivity contribution in [2.24, 2.45) is 34.5 Å². The zero-order valence-corrected chi connectivity index (χ0v) is 21.2. The van der Waals surface area contributed by atoms with E-state index < -0.39 is 76.4 Å². The zero-order chi connectivity index (χ0) is 25.3. The van der Waals surface area contributed by atoms with Crippen LogP contribution in [0.1, 0.15) is 19.8 Å². The number of hydrogen-bond donors (Lipinski definition) is 5. The average Bonchev–Trinajstić information content (AvgIpc) is 3.19. The lowest BCUT2D eigenvalue weighted by molar-refractivity contribution is -0.320. The van der Waals surface area contributed by atoms with E-state index in [1.54, 1.807) is 21.3 Å². The zero-order valence-electron chi connectivity index (χ0n) is 21.2. The second kappa shape index (κ2) is 7.59. The van der Waals surface area contributed by atoms with E-state index in [4.69, 9.17) is 18.9 Å². The molecule has 1 saturated heterocycles. The summed E-state index contributed by atoms with van der Waals surface area (Å²) in [7, 11) is 6.29. The molecule has 6 fully saturated rings. The summed E-state index contributed by atoms with van der Waals surface area (Å²) in [6.45, 7) is 3.58. The molecule has 15 atom stereocenters. The lowest BCUT2D eigenvalue weighted by atomic mass is 9.42. The maximum Gasteiger partial charge on any atom is 0.120 e. The predicted molar refractivity (Wildman–Crippen MR) is 121 cm³/mol. The molecule has 0 amide bonds. The highest BCUT2D eigenvalue weighted by Gasteiger charge is 2.90. The Morgan fingerprint density at radius 2 is 1.66 bits per heavy atom. The van der Waals surface area contributed by atoms with Gasteiger partial charge in [0.25, 0.3) is 0 Å². The van der Waals surface area contributed by atoms with Crippen molar-refractivity contribution in [3.8, 4) is 0 Å². The molecule has 0 aromatic rings. The molecule has 10 heteroatoms. The molecule has 0 unspecified atom stereocenters. The topological polar surface area (TPSA) is 141 Å². The highest BCUT2D eigenvalue weighted by Crippen LogP contribution is 2.79. The molecule has 5 aliphatic carbocycles. The number of likely N-dealkylation sites (tertiary alicyclic amines) is 1. The van der Waals surface area contributed by atoms with Crippen LogP contribution in [0, 0.1) is 34.5 Å². The van der Waals surface area contributed by atoms with E-state index in [9.17, 15) is 25.5 Å². The van der Waals surface area contributed by atoms with Gasteiger partial charge in [0, 0.05) is 76.0 Å². The summed E-state index contributed by atoms with van der Waals surface area (Å²) in [6, 6.07) is -0.240. The third-order valence-corrected chi connectivity index (χ3v) is 11.7. The number of aliphatic hydroxyl groups excluding tert-OH is 3. The highest BCUT2D eigenvalue weighted by molar-refractivity contribution is 5.39. The number of ether oxygens (including phenoxy) is 4. The highest BCUT2D eigenvalue weighted by atomic mass is 16.5. The normalized spacial score (nSPS) is 62.4. The van der Waals surface area contributed by atoms with Crippen molar-refractivity contribution in [3.63, 3.8) is 0 Å². The van der Waals surface area contributed by atoms with Crippen molar-refractivity contribution in [2.75, 3.05) is 48.1 Å². The molecular formula is C25H41NO9. The van der Waals surface area contributed by atoms with E-state index in [2.05, 4.69) is 11.8 Å². The van der Waals surface area contributed by atoms with Gasteiger partial charge in [-0.25, -0.2) is 0 Å². The van der Waals surface area contributed by atoms with Crippen LogP contribution in [0.4, 0.5) is 0 Å². The largest absolute Gasteiger partial charge is 0.392 e. The summed E-state index contributed by atoms with van der Waals surface area (Å²) in [5, 5.41) is 59.3. The SMILES string of the molecule is CCN1C[C@]2(COC)[C@H](O)C[C@H](OC)[C@@]34[C@@H]5C[C@@]6(O)[C@H](O)[C@@H]5[C@@](O)([C@H]([C@H](OC)[C@H]23)[C@@H]14)[C@@H](O)[C@@H]6OC. The van der Waals surface area contributed by atoms with Gasteiger partial charge in [-0.2, -0.15) is 0 Å². The smallest absolute Gasteiger partial charge is 0.120 e. The van der Waals surface area contributed by atoms with Gasteiger partial charge in [0.05, 0.1) is 31.0 Å². The summed E-state index contributed by atoms with van der Waals surface area (Å²) in [6.07, 6.45) is -4.95. The number of aliphatic hydroxyl groups is 5. The molecule has 1 aliphatic heterocycles. The van der Waals surface area contributed by atoms with E-state index >= 15 is 0 Å². The van der Waals surface area contributed by atoms with E-state index in [-0.39, 0.29) is 18.4 Å². The summed E-state index contributed by atoms with van der Waals surface area (Å²) < 4.78 is 23.7. The Kier molecular flexibility index (Phi) is 5.40. The fourth-order valence-corrected chi connectivity index (χ4v) is 11.0. The van der Waals surface area contributed by atoms with Crippen LogP contribution in [-0.2, 0) is 18.9 Å². The third-order valence-electron chi connectivity index (χ3n) is 11.7. The minimum absolute atomic E-state index is 0.156. The summed E-state index contributed by atoms with van der Waals surface area (Å²) >= 11 is 0. The number of methoxy groups -OCH3 is 4. The maximum atomic E-state index is 12.6. The van der Waals surface area contributed by atoms with Gasteiger partial charge in [0.15, 0.2) is 0 Å². The number of nitrogens with zero attached hydrogens (tertiary/aromatic N) is 1. The Labute approximate surface area is 206 Å². The van der Waals surface area contributed by atoms with Crippen LogP contribution >= 0.6 is 0 Å². The van der Waals surface area contributed by atoms with Gasteiger partial charge in [-0.1, -0.05) is 6.92 Å². The van der Waals surface area contributed by atoms with Gasteiger partial charge in [-0.05, 0) is 18.9 Å². The van der Waals surface area contributed by atoms with Crippen molar-refractivity contribution in [1.29, 1.82) is 0 Å². The van der Waals surface area contributed by atoms with Gasteiger partial charge < -0.3 is 44.5 Å².